The summed E-state index contributed by atoms with van der Waals surface area (Å²) in [5.41, 5.74) is 20.3. The number of fused-ring (bicyclic) bond motifs is 2. The average molecular weight is 396 g/mol. The number of hydrogen-bond donors (Lipinski definition) is 4. The van der Waals surface area contributed by atoms with E-state index in [0.29, 0.717) is 17.8 Å². The maximum Gasteiger partial charge on any atom is 0.125 e. The van der Waals surface area contributed by atoms with Crippen molar-refractivity contribution in [1.29, 1.82) is 0 Å². The highest BCUT2D eigenvalue weighted by Gasteiger charge is 2.40. The molecular formula is C21H25FN6O. The molecule has 29 heavy (non-hydrogen) atoms. The van der Waals surface area contributed by atoms with Crippen molar-refractivity contribution in [3.63, 3.8) is 0 Å². The van der Waals surface area contributed by atoms with Crippen molar-refractivity contribution in [2.45, 2.75) is 24.9 Å². The second-order valence-electron chi connectivity index (χ2n) is 7.50. The molecule has 2 aromatic rings. The van der Waals surface area contributed by atoms with Gasteiger partial charge in [0.1, 0.15) is 17.4 Å². The normalized spacial score (nSPS) is 21.3. The van der Waals surface area contributed by atoms with Gasteiger partial charge in [-0.15, -0.1) is 0 Å². The minimum Gasteiger partial charge on any atom is -0.507 e. The maximum absolute atomic E-state index is 13.6. The molecule has 7 N–H and O–H groups in total. The third-order valence-electron chi connectivity index (χ3n) is 5.64. The van der Waals surface area contributed by atoms with E-state index < -0.39 is 5.82 Å². The second kappa shape index (κ2) is 7.54. The van der Waals surface area contributed by atoms with E-state index in [-0.39, 0.29) is 22.8 Å². The van der Waals surface area contributed by atoms with Crippen LogP contribution in [0.15, 0.2) is 60.3 Å². The van der Waals surface area contributed by atoms with E-state index in [2.05, 4.69) is 14.8 Å². The molecule has 2 saturated heterocycles. The summed E-state index contributed by atoms with van der Waals surface area (Å²) in [6, 6.07) is 8.34. The van der Waals surface area contributed by atoms with Crippen LogP contribution in [0.4, 0.5) is 10.1 Å². The third kappa shape index (κ3) is 3.65. The Balaban J connectivity index is 1.60. The van der Waals surface area contributed by atoms with Crippen LogP contribution in [0.25, 0.3) is 5.70 Å². The lowest BCUT2D eigenvalue weighted by Crippen LogP contribution is -2.53. The zero-order chi connectivity index (χ0) is 20.5. The first-order valence-electron chi connectivity index (χ1n) is 9.58. The maximum atomic E-state index is 13.6. The zero-order valence-electron chi connectivity index (χ0n) is 16.0. The Bertz CT molecular complexity index is 943. The highest BCUT2D eigenvalue weighted by molar-refractivity contribution is 5.70. The molecule has 0 spiro atoms. The number of aromatic nitrogens is 1. The molecule has 8 heteroatoms. The van der Waals surface area contributed by atoms with Crippen LogP contribution >= 0.6 is 0 Å². The summed E-state index contributed by atoms with van der Waals surface area (Å²) in [6.45, 7) is 1.48. The minimum atomic E-state index is -0.482. The number of halogens is 1. The first-order chi connectivity index (χ1) is 13.9. The Morgan fingerprint density at radius 3 is 2.34 bits per heavy atom. The fraction of sp³-hybridized carbons (Fsp3) is 0.286. The van der Waals surface area contributed by atoms with Gasteiger partial charge in [0.2, 0.25) is 0 Å². The van der Waals surface area contributed by atoms with Gasteiger partial charge in [-0.25, -0.2) is 4.39 Å². The van der Waals surface area contributed by atoms with Crippen LogP contribution < -0.4 is 22.1 Å². The average Bonchev–Trinajstić information content (AvgIpc) is 2.98. The van der Waals surface area contributed by atoms with Crippen molar-refractivity contribution < 1.29 is 9.50 Å². The van der Waals surface area contributed by atoms with Crippen molar-refractivity contribution in [2.24, 2.45) is 17.2 Å². The number of benzene rings is 1. The highest BCUT2D eigenvalue weighted by atomic mass is 19.1. The molecule has 2 unspecified atom stereocenters. The van der Waals surface area contributed by atoms with Gasteiger partial charge >= 0.3 is 0 Å². The van der Waals surface area contributed by atoms with E-state index >= 15 is 0 Å². The van der Waals surface area contributed by atoms with Crippen LogP contribution in [-0.2, 0) is 0 Å². The predicted octanol–water partition coefficient (Wildman–Crippen LogP) is 1.67. The van der Waals surface area contributed by atoms with Crippen LogP contribution in [-0.4, -0.2) is 40.2 Å². The number of anilines is 1. The summed E-state index contributed by atoms with van der Waals surface area (Å²) in [6.07, 6.45) is 7.38. The van der Waals surface area contributed by atoms with Crippen molar-refractivity contribution in [3.05, 3.63) is 71.7 Å². The van der Waals surface area contributed by atoms with E-state index in [4.69, 9.17) is 17.2 Å². The van der Waals surface area contributed by atoms with Gasteiger partial charge in [0, 0.05) is 54.5 Å². The summed E-state index contributed by atoms with van der Waals surface area (Å²) in [4.78, 5) is 8.67. The monoisotopic (exact) mass is 396 g/mol. The minimum absolute atomic E-state index is 0.0994. The summed E-state index contributed by atoms with van der Waals surface area (Å²) in [5.74, 6) is -0.442. The SMILES string of the molecule is NC(N)=C(/C=C(\N)c1cc(F)ccc1O)N1CC2CCC(C1)N2c1ccncc1. The van der Waals surface area contributed by atoms with E-state index in [1.807, 2.05) is 12.1 Å². The van der Waals surface area contributed by atoms with E-state index in [9.17, 15) is 9.50 Å². The number of pyridine rings is 1. The molecule has 2 fully saturated rings. The van der Waals surface area contributed by atoms with Gasteiger partial charge in [0.05, 0.1) is 5.70 Å². The van der Waals surface area contributed by atoms with Crippen LogP contribution in [0, 0.1) is 5.82 Å². The Morgan fingerprint density at radius 1 is 1.07 bits per heavy atom. The topological polar surface area (TPSA) is 118 Å². The molecule has 0 aliphatic carbocycles. The Hall–Kier alpha value is -3.42. The second-order valence-corrected chi connectivity index (χ2v) is 7.50. The number of nitrogens with two attached hydrogens (primary N) is 3. The van der Waals surface area contributed by atoms with E-state index in [0.717, 1.165) is 31.6 Å². The molecule has 2 bridgehead atoms. The number of hydrogen-bond acceptors (Lipinski definition) is 7. The van der Waals surface area contributed by atoms with Crippen molar-refractivity contribution in [1.82, 2.24) is 9.88 Å². The van der Waals surface area contributed by atoms with Crippen LogP contribution in [0.5, 0.6) is 5.75 Å². The fourth-order valence-corrected chi connectivity index (χ4v) is 4.36. The molecule has 2 aliphatic rings. The quantitative estimate of drug-likeness (QED) is 0.581. The molecule has 1 aromatic carbocycles. The molecule has 0 saturated carbocycles. The summed E-state index contributed by atoms with van der Waals surface area (Å²) in [5, 5.41) is 10.0. The first kappa shape index (κ1) is 18.9. The van der Waals surface area contributed by atoms with Crippen LogP contribution in [0.2, 0.25) is 0 Å². The van der Waals surface area contributed by atoms with Gasteiger partial charge in [0.25, 0.3) is 0 Å². The number of rotatable bonds is 4. The Kier molecular flexibility index (Phi) is 4.92. The number of aromatic hydroxyl groups is 1. The van der Waals surface area contributed by atoms with Gasteiger partial charge in [-0.3, -0.25) is 4.98 Å². The first-order valence-corrected chi connectivity index (χ1v) is 9.58. The Morgan fingerprint density at radius 2 is 1.72 bits per heavy atom. The van der Waals surface area contributed by atoms with E-state index in [1.165, 1.54) is 18.2 Å². The highest BCUT2D eigenvalue weighted by Crippen LogP contribution is 2.36. The third-order valence-corrected chi connectivity index (χ3v) is 5.64. The van der Waals surface area contributed by atoms with Crippen molar-refractivity contribution in [2.75, 3.05) is 18.0 Å². The largest absolute Gasteiger partial charge is 0.507 e. The predicted molar refractivity (Wildman–Crippen MR) is 111 cm³/mol. The van der Waals surface area contributed by atoms with Gasteiger partial charge in [0.15, 0.2) is 0 Å². The van der Waals surface area contributed by atoms with Gasteiger partial charge in [-0.2, -0.15) is 0 Å². The number of phenolic OH excluding ortho intramolecular Hbond substituents is 1. The molecule has 0 amide bonds. The molecule has 4 rings (SSSR count). The lowest BCUT2D eigenvalue weighted by Gasteiger charge is -2.44. The molecule has 7 nitrogen and oxygen atoms in total. The molecule has 1 aromatic heterocycles. The molecule has 2 atom stereocenters. The lowest BCUT2D eigenvalue weighted by atomic mass is 10.1. The standard InChI is InChI=1S/C21H25FN6O/c22-13-1-4-20(29)17(9-13)18(23)10-19(21(24)25)27-11-15-2-3-16(12-27)28(15)14-5-7-26-8-6-14/h1,4-10,15-16,29H,2-3,11-12,23-25H2/b18-10-. The number of allylic oxidation sites excluding steroid dienone is 1. The van der Waals surface area contributed by atoms with Gasteiger partial charge < -0.3 is 32.1 Å². The lowest BCUT2D eigenvalue weighted by molar-refractivity contribution is 0.277. The van der Waals surface area contributed by atoms with Crippen LogP contribution in [0.1, 0.15) is 18.4 Å². The van der Waals surface area contributed by atoms with Crippen molar-refractivity contribution in [3.8, 4) is 5.75 Å². The summed E-state index contributed by atoms with van der Waals surface area (Å²) >= 11 is 0. The zero-order valence-corrected chi connectivity index (χ0v) is 16.0. The number of likely N-dealkylation sites (tertiary alicyclic amines) is 1. The molecule has 3 heterocycles. The molecular weight excluding hydrogens is 371 g/mol. The number of phenols is 1. The van der Waals surface area contributed by atoms with E-state index in [1.54, 1.807) is 18.5 Å². The number of piperazine rings is 1. The van der Waals surface area contributed by atoms with Crippen LogP contribution in [0.3, 0.4) is 0 Å². The van der Waals surface area contributed by atoms with Gasteiger partial charge in [-0.1, -0.05) is 0 Å². The van der Waals surface area contributed by atoms with Crippen molar-refractivity contribution >= 4 is 11.4 Å². The summed E-state index contributed by atoms with van der Waals surface area (Å²) in [7, 11) is 0. The fourth-order valence-electron chi connectivity index (χ4n) is 4.36. The summed E-state index contributed by atoms with van der Waals surface area (Å²) < 4.78 is 13.6. The molecule has 152 valence electrons. The Labute approximate surface area is 168 Å². The number of nitrogens with zero attached hydrogens (tertiary/aromatic N) is 3. The molecule has 0 radical (unpaired) electrons. The smallest absolute Gasteiger partial charge is 0.125 e. The van der Waals surface area contributed by atoms with Gasteiger partial charge in [-0.05, 0) is 49.2 Å². The molecule has 2 aliphatic heterocycles.